The highest BCUT2D eigenvalue weighted by molar-refractivity contribution is 6.31. The quantitative estimate of drug-likeness (QED) is 0.704. The van der Waals surface area contributed by atoms with Crippen LogP contribution in [0.25, 0.3) is 0 Å². The fourth-order valence-corrected chi connectivity index (χ4v) is 2.72. The molecule has 0 unspecified atom stereocenters. The van der Waals surface area contributed by atoms with E-state index in [2.05, 4.69) is 20.6 Å². The Bertz CT molecular complexity index is 1030. The number of halogens is 1. The molecule has 0 aliphatic carbocycles. The van der Waals surface area contributed by atoms with Crippen molar-refractivity contribution in [2.45, 2.75) is 6.92 Å². The van der Waals surface area contributed by atoms with Crippen LogP contribution in [-0.4, -0.2) is 22.7 Å². The van der Waals surface area contributed by atoms with Gasteiger partial charge in [-0.2, -0.15) is 0 Å². The summed E-state index contributed by atoms with van der Waals surface area (Å²) in [5.74, 6) is 1.37. The monoisotopic (exact) mass is 382 g/mol. The number of carbonyl (C=O) groups excluding carboxylic acids is 1. The molecule has 0 spiro atoms. The molecule has 27 heavy (non-hydrogen) atoms. The van der Waals surface area contributed by atoms with Crippen LogP contribution >= 0.6 is 11.6 Å². The van der Waals surface area contributed by atoms with Gasteiger partial charge < -0.3 is 20.1 Å². The molecule has 2 N–H and O–H groups in total. The minimum atomic E-state index is -0.360. The minimum Gasteiger partial charge on any atom is -0.454 e. The molecule has 0 atom stereocenters. The predicted octanol–water partition coefficient (Wildman–Crippen LogP) is 4.16. The molecule has 1 aromatic heterocycles. The van der Waals surface area contributed by atoms with Gasteiger partial charge in [-0.3, -0.25) is 4.79 Å². The van der Waals surface area contributed by atoms with Gasteiger partial charge in [0.05, 0.1) is 0 Å². The van der Waals surface area contributed by atoms with Gasteiger partial charge in [-0.25, -0.2) is 9.97 Å². The number of amides is 1. The van der Waals surface area contributed by atoms with Crippen molar-refractivity contribution in [3.05, 3.63) is 65.1 Å². The highest BCUT2D eigenvalue weighted by atomic mass is 35.5. The summed E-state index contributed by atoms with van der Waals surface area (Å²) in [4.78, 5) is 20.7. The van der Waals surface area contributed by atoms with E-state index in [1.807, 2.05) is 19.1 Å². The van der Waals surface area contributed by atoms with Crippen molar-refractivity contribution in [1.82, 2.24) is 9.97 Å². The van der Waals surface area contributed by atoms with Crippen molar-refractivity contribution in [2.24, 2.45) is 0 Å². The van der Waals surface area contributed by atoms with Crippen LogP contribution in [-0.2, 0) is 0 Å². The average molecular weight is 383 g/mol. The van der Waals surface area contributed by atoms with Crippen molar-refractivity contribution < 1.29 is 14.3 Å². The second-order valence-electron chi connectivity index (χ2n) is 5.90. The van der Waals surface area contributed by atoms with Crippen LogP contribution in [0.3, 0.4) is 0 Å². The zero-order chi connectivity index (χ0) is 18.8. The average Bonchev–Trinajstić information content (AvgIpc) is 3.13. The van der Waals surface area contributed by atoms with Crippen molar-refractivity contribution >= 4 is 34.7 Å². The molecule has 4 rings (SSSR count). The number of ether oxygens (including phenoxy) is 2. The SMILES string of the molecule is Cc1ccc(Nc2cc(C(=O)Nc3ccc4c(c3)OCO4)ncn2)cc1Cl. The molecule has 3 aromatic rings. The van der Waals surface area contributed by atoms with Gasteiger partial charge in [0.15, 0.2) is 11.5 Å². The van der Waals surface area contributed by atoms with Crippen molar-refractivity contribution in [3.8, 4) is 11.5 Å². The third-order valence-corrected chi connectivity index (χ3v) is 4.38. The van der Waals surface area contributed by atoms with Gasteiger partial charge in [0.25, 0.3) is 5.91 Å². The lowest BCUT2D eigenvalue weighted by Gasteiger charge is -2.09. The molecule has 1 aliphatic rings. The van der Waals surface area contributed by atoms with Gasteiger partial charge in [-0.15, -0.1) is 0 Å². The number of anilines is 3. The first-order chi connectivity index (χ1) is 13.1. The van der Waals surface area contributed by atoms with E-state index in [0.29, 0.717) is 28.0 Å². The maximum Gasteiger partial charge on any atom is 0.274 e. The first-order valence-corrected chi connectivity index (χ1v) is 8.52. The molecule has 2 aromatic carbocycles. The molecule has 1 aliphatic heterocycles. The Balaban J connectivity index is 1.49. The third-order valence-electron chi connectivity index (χ3n) is 3.97. The van der Waals surface area contributed by atoms with E-state index in [1.165, 1.54) is 6.33 Å². The van der Waals surface area contributed by atoms with Crippen LogP contribution in [0, 0.1) is 6.92 Å². The van der Waals surface area contributed by atoms with E-state index in [0.717, 1.165) is 11.3 Å². The number of aromatic nitrogens is 2. The predicted molar refractivity (Wildman–Crippen MR) is 102 cm³/mol. The third kappa shape index (κ3) is 3.78. The summed E-state index contributed by atoms with van der Waals surface area (Å²) in [6, 6.07) is 12.3. The highest BCUT2D eigenvalue weighted by Crippen LogP contribution is 2.34. The first-order valence-electron chi connectivity index (χ1n) is 8.15. The summed E-state index contributed by atoms with van der Waals surface area (Å²) in [5, 5.41) is 6.54. The van der Waals surface area contributed by atoms with Gasteiger partial charge in [0.1, 0.15) is 17.8 Å². The van der Waals surface area contributed by atoms with Gasteiger partial charge in [0.2, 0.25) is 6.79 Å². The molecule has 2 heterocycles. The van der Waals surface area contributed by atoms with Gasteiger partial charge >= 0.3 is 0 Å². The Labute approximate surface area is 160 Å². The summed E-state index contributed by atoms with van der Waals surface area (Å²) in [7, 11) is 0. The maximum absolute atomic E-state index is 12.5. The zero-order valence-corrected chi connectivity index (χ0v) is 15.1. The van der Waals surface area contributed by atoms with E-state index < -0.39 is 0 Å². The molecule has 8 heteroatoms. The van der Waals surface area contributed by atoms with Crippen LogP contribution < -0.4 is 20.1 Å². The van der Waals surface area contributed by atoms with E-state index in [9.17, 15) is 4.79 Å². The highest BCUT2D eigenvalue weighted by Gasteiger charge is 2.15. The summed E-state index contributed by atoms with van der Waals surface area (Å²) >= 11 is 6.14. The van der Waals surface area contributed by atoms with Crippen LogP contribution in [0.15, 0.2) is 48.8 Å². The number of nitrogens with one attached hydrogen (secondary N) is 2. The number of aryl methyl sites for hydroxylation is 1. The second-order valence-corrected chi connectivity index (χ2v) is 6.31. The molecule has 0 bridgehead atoms. The number of rotatable bonds is 4. The Kier molecular flexibility index (Phi) is 4.52. The van der Waals surface area contributed by atoms with Crippen LogP contribution in [0.5, 0.6) is 11.5 Å². The van der Waals surface area contributed by atoms with Gasteiger partial charge in [-0.1, -0.05) is 17.7 Å². The van der Waals surface area contributed by atoms with Crippen molar-refractivity contribution in [1.29, 1.82) is 0 Å². The first kappa shape index (κ1) is 17.1. The van der Waals surface area contributed by atoms with Crippen LogP contribution in [0.4, 0.5) is 17.2 Å². The molecule has 136 valence electrons. The summed E-state index contributed by atoms with van der Waals surface area (Å²) in [6.45, 7) is 2.10. The van der Waals surface area contributed by atoms with E-state index in [-0.39, 0.29) is 18.4 Å². The molecule has 0 radical (unpaired) electrons. The second kappa shape index (κ2) is 7.13. The molecule has 0 saturated carbocycles. The Morgan fingerprint density at radius 3 is 2.70 bits per heavy atom. The van der Waals surface area contributed by atoms with Crippen molar-refractivity contribution in [3.63, 3.8) is 0 Å². The Morgan fingerprint density at radius 2 is 1.85 bits per heavy atom. The Morgan fingerprint density at radius 1 is 1.04 bits per heavy atom. The topological polar surface area (TPSA) is 85.4 Å². The molecule has 1 amide bonds. The zero-order valence-electron chi connectivity index (χ0n) is 14.3. The lowest BCUT2D eigenvalue weighted by molar-refractivity contribution is 0.102. The smallest absolute Gasteiger partial charge is 0.274 e. The fourth-order valence-electron chi connectivity index (χ4n) is 2.54. The normalized spacial score (nSPS) is 11.9. The van der Waals surface area contributed by atoms with Crippen LogP contribution in [0.1, 0.15) is 16.1 Å². The number of carbonyl (C=O) groups is 1. The molecular weight excluding hydrogens is 368 g/mol. The van der Waals surface area contributed by atoms with Gasteiger partial charge in [-0.05, 0) is 36.8 Å². The van der Waals surface area contributed by atoms with E-state index in [4.69, 9.17) is 21.1 Å². The molecule has 0 saturated heterocycles. The van der Waals surface area contributed by atoms with E-state index in [1.54, 1.807) is 30.3 Å². The number of nitrogens with zero attached hydrogens (tertiary/aromatic N) is 2. The largest absolute Gasteiger partial charge is 0.454 e. The number of hydrogen-bond donors (Lipinski definition) is 2. The molecule has 0 fully saturated rings. The maximum atomic E-state index is 12.5. The number of hydrogen-bond acceptors (Lipinski definition) is 6. The summed E-state index contributed by atoms with van der Waals surface area (Å²) in [6.07, 6.45) is 1.33. The summed E-state index contributed by atoms with van der Waals surface area (Å²) < 4.78 is 10.6. The van der Waals surface area contributed by atoms with Crippen molar-refractivity contribution in [2.75, 3.05) is 17.4 Å². The lowest BCUT2D eigenvalue weighted by atomic mass is 10.2. The number of fused-ring (bicyclic) bond motifs is 1. The van der Waals surface area contributed by atoms with E-state index >= 15 is 0 Å². The fraction of sp³-hybridized carbons (Fsp3) is 0.105. The lowest BCUT2D eigenvalue weighted by Crippen LogP contribution is -2.14. The molecular formula is C19H15ClN4O3. The van der Waals surface area contributed by atoms with Gasteiger partial charge in [0, 0.05) is 28.5 Å². The minimum absolute atomic E-state index is 0.177. The summed E-state index contributed by atoms with van der Waals surface area (Å²) in [5.41, 5.74) is 2.56. The molecule has 7 nitrogen and oxygen atoms in total. The Hall–Kier alpha value is -3.32. The van der Waals surface area contributed by atoms with Crippen LogP contribution in [0.2, 0.25) is 5.02 Å². The number of benzene rings is 2. The standard InChI is InChI=1S/C19H15ClN4O3/c1-11-2-3-12(6-14(11)20)23-18-8-15(21-9-22-18)19(25)24-13-4-5-16-17(7-13)27-10-26-16/h2-9H,10H2,1H3,(H,24,25)(H,21,22,23).